The van der Waals surface area contributed by atoms with Crippen molar-refractivity contribution in [2.24, 2.45) is 5.41 Å². The van der Waals surface area contributed by atoms with E-state index in [1.165, 1.54) is 17.6 Å². The van der Waals surface area contributed by atoms with Crippen LogP contribution in [0.2, 0.25) is 0 Å². The summed E-state index contributed by atoms with van der Waals surface area (Å²) in [4.78, 5) is 13.2. The Morgan fingerprint density at radius 3 is 2.14 bits per heavy atom. The lowest BCUT2D eigenvalue weighted by molar-refractivity contribution is -0.128. The van der Waals surface area contributed by atoms with E-state index < -0.39 is 15.3 Å². The van der Waals surface area contributed by atoms with E-state index >= 15 is 0 Å². The summed E-state index contributed by atoms with van der Waals surface area (Å²) >= 11 is 1.35. The Bertz CT molecular complexity index is 975. The van der Waals surface area contributed by atoms with Crippen LogP contribution in [0.3, 0.4) is 0 Å². The Labute approximate surface area is 179 Å². The van der Waals surface area contributed by atoms with Crippen molar-refractivity contribution in [2.45, 2.75) is 64.0 Å². The zero-order valence-electron chi connectivity index (χ0n) is 18.5. The number of rotatable bonds is 8. The van der Waals surface area contributed by atoms with E-state index in [0.29, 0.717) is 9.96 Å². The maximum absolute atomic E-state index is 12.2. The molecule has 2 aromatic rings. The van der Waals surface area contributed by atoms with Crippen LogP contribution in [0.4, 0.5) is 0 Å². The fourth-order valence-corrected chi connectivity index (χ4v) is 5.68. The second-order valence-corrected chi connectivity index (χ2v) is 11.9. The van der Waals surface area contributed by atoms with Gasteiger partial charge in [0, 0.05) is 22.0 Å². The maximum Gasteiger partial charge on any atom is 0.184 e. The number of sulfone groups is 1. The lowest BCUT2D eigenvalue weighted by atomic mass is 9.74. The van der Waals surface area contributed by atoms with Crippen LogP contribution in [0.25, 0.3) is 0 Å². The molecule has 0 atom stereocenters. The third-order valence-corrected chi connectivity index (χ3v) is 8.66. The van der Waals surface area contributed by atoms with Crippen molar-refractivity contribution in [1.82, 2.24) is 0 Å². The molecule has 1 heterocycles. The van der Waals surface area contributed by atoms with Crippen molar-refractivity contribution < 1.29 is 17.9 Å². The summed E-state index contributed by atoms with van der Waals surface area (Å²) in [6.45, 7) is 12.0. The molecule has 2 rings (SSSR count). The summed E-state index contributed by atoms with van der Waals surface area (Å²) in [5.74, 6) is 0.764. The van der Waals surface area contributed by atoms with Gasteiger partial charge in [-0.25, -0.2) is 8.42 Å². The Morgan fingerprint density at radius 2 is 1.69 bits per heavy atom. The Hall–Kier alpha value is -1.66. The molecule has 6 heteroatoms. The molecule has 0 aliphatic carbocycles. The third-order valence-electron chi connectivity index (χ3n) is 5.55. The summed E-state index contributed by atoms with van der Waals surface area (Å²) in [5, 5.41) is 0. The molecular weight excluding hydrogens is 404 g/mol. The highest BCUT2D eigenvalue weighted by Crippen LogP contribution is 2.44. The first-order valence-corrected chi connectivity index (χ1v) is 12.6. The van der Waals surface area contributed by atoms with Gasteiger partial charge >= 0.3 is 0 Å². The van der Waals surface area contributed by atoms with Gasteiger partial charge in [0.25, 0.3) is 0 Å². The highest BCUT2D eigenvalue weighted by Gasteiger charge is 2.33. The van der Waals surface area contributed by atoms with Crippen LogP contribution < -0.4 is 4.74 Å². The minimum Gasteiger partial charge on any atom is -0.486 e. The molecule has 1 aromatic heterocycles. The Kier molecular flexibility index (Phi) is 7.01. The van der Waals surface area contributed by atoms with Gasteiger partial charge < -0.3 is 4.74 Å². The molecule has 0 fully saturated rings. The van der Waals surface area contributed by atoms with Gasteiger partial charge in [-0.3, -0.25) is 4.79 Å². The van der Waals surface area contributed by atoms with Crippen LogP contribution in [0.5, 0.6) is 5.75 Å². The first kappa shape index (κ1) is 23.6. The smallest absolute Gasteiger partial charge is 0.184 e. The van der Waals surface area contributed by atoms with Crippen LogP contribution in [0.15, 0.2) is 34.5 Å². The molecular formula is C23H32O4S2. The largest absolute Gasteiger partial charge is 0.486 e. The van der Waals surface area contributed by atoms with E-state index in [9.17, 15) is 13.2 Å². The summed E-state index contributed by atoms with van der Waals surface area (Å²) < 4.78 is 30.1. The van der Waals surface area contributed by atoms with Crippen molar-refractivity contribution in [3.63, 3.8) is 0 Å². The van der Waals surface area contributed by atoms with Crippen molar-refractivity contribution in [3.05, 3.63) is 46.3 Å². The number of ether oxygens (including phenoxy) is 1. The second-order valence-electron chi connectivity index (χ2n) is 8.62. The summed E-state index contributed by atoms with van der Waals surface area (Å²) in [6, 6.07) is 9.71. The fourth-order valence-electron chi connectivity index (χ4n) is 3.39. The standard InChI is InChI=1S/C23H32O4S2/c1-8-23(9-2,20-12-13-21(28-20)29(7,25)26)17-10-11-18(16(3)14-17)27-15-19(24)22(4,5)6/h10-14H,8-9,15H2,1-7H3. The van der Waals surface area contributed by atoms with Gasteiger partial charge in [0.05, 0.1) is 0 Å². The van der Waals surface area contributed by atoms with Crippen LogP contribution >= 0.6 is 11.3 Å². The molecule has 160 valence electrons. The molecule has 0 radical (unpaired) electrons. The van der Waals surface area contributed by atoms with Gasteiger partial charge in [0.2, 0.25) is 0 Å². The number of ketones is 1. The lowest BCUT2D eigenvalue weighted by Gasteiger charge is -2.32. The van der Waals surface area contributed by atoms with E-state index in [4.69, 9.17) is 4.74 Å². The summed E-state index contributed by atoms with van der Waals surface area (Å²) in [7, 11) is -3.22. The van der Waals surface area contributed by atoms with Crippen LogP contribution in [0.1, 0.15) is 63.5 Å². The SMILES string of the molecule is CCC(CC)(c1ccc(OCC(=O)C(C)(C)C)c(C)c1)c1ccc(S(C)(=O)=O)s1. The van der Waals surface area contributed by atoms with E-state index in [-0.39, 0.29) is 17.8 Å². The zero-order valence-corrected chi connectivity index (χ0v) is 20.1. The van der Waals surface area contributed by atoms with E-state index in [1.54, 1.807) is 6.07 Å². The van der Waals surface area contributed by atoms with E-state index in [2.05, 4.69) is 19.9 Å². The van der Waals surface area contributed by atoms with Crippen LogP contribution in [0, 0.1) is 12.3 Å². The lowest BCUT2D eigenvalue weighted by Crippen LogP contribution is -2.27. The molecule has 0 aliphatic rings. The molecule has 4 nitrogen and oxygen atoms in total. The number of hydrogen-bond acceptors (Lipinski definition) is 5. The van der Waals surface area contributed by atoms with Crippen molar-refractivity contribution in [1.29, 1.82) is 0 Å². The number of carbonyl (C=O) groups excluding carboxylic acids is 1. The molecule has 0 N–H and O–H groups in total. The van der Waals surface area contributed by atoms with E-state index in [1.807, 2.05) is 45.9 Å². The van der Waals surface area contributed by atoms with Gasteiger partial charge in [-0.05, 0) is 49.1 Å². The molecule has 1 aromatic carbocycles. The first-order chi connectivity index (χ1) is 13.3. The number of thiophene rings is 1. The topological polar surface area (TPSA) is 60.4 Å². The summed E-state index contributed by atoms with van der Waals surface area (Å²) in [6.07, 6.45) is 2.96. The number of hydrogen-bond donors (Lipinski definition) is 0. The second kappa shape index (κ2) is 8.60. The van der Waals surface area contributed by atoms with Gasteiger partial charge in [-0.2, -0.15) is 0 Å². The average Bonchev–Trinajstić information content (AvgIpc) is 3.12. The normalized spacial score (nSPS) is 12.8. The Morgan fingerprint density at radius 1 is 1.07 bits per heavy atom. The molecule has 0 saturated carbocycles. The maximum atomic E-state index is 12.2. The number of Topliss-reactive ketones (excluding diaryl/α,β-unsaturated/α-hetero) is 1. The Balaban J connectivity index is 2.38. The number of aryl methyl sites for hydroxylation is 1. The third kappa shape index (κ3) is 5.10. The minimum absolute atomic E-state index is 0.0546. The molecule has 0 bridgehead atoms. The van der Waals surface area contributed by atoms with Crippen LogP contribution in [-0.2, 0) is 20.0 Å². The highest BCUT2D eigenvalue weighted by atomic mass is 32.2. The minimum atomic E-state index is -3.22. The van der Waals surface area contributed by atoms with Crippen LogP contribution in [-0.4, -0.2) is 27.1 Å². The predicted octanol–water partition coefficient (Wildman–Crippen LogP) is 5.56. The highest BCUT2D eigenvalue weighted by molar-refractivity contribution is 7.92. The number of benzene rings is 1. The molecule has 0 unspecified atom stereocenters. The van der Waals surface area contributed by atoms with Crippen molar-refractivity contribution in [2.75, 3.05) is 12.9 Å². The molecule has 29 heavy (non-hydrogen) atoms. The molecule has 0 aliphatic heterocycles. The predicted molar refractivity (Wildman–Crippen MR) is 120 cm³/mol. The summed E-state index contributed by atoms with van der Waals surface area (Å²) in [5.41, 5.74) is 1.42. The quantitative estimate of drug-likeness (QED) is 0.543. The molecule has 0 spiro atoms. The van der Waals surface area contributed by atoms with Gasteiger partial charge in [-0.1, -0.05) is 46.8 Å². The van der Waals surface area contributed by atoms with Crippen molar-refractivity contribution >= 4 is 27.0 Å². The average molecular weight is 437 g/mol. The fraction of sp³-hybridized carbons (Fsp3) is 0.522. The molecule has 0 saturated heterocycles. The number of carbonyl (C=O) groups is 1. The van der Waals surface area contributed by atoms with Gasteiger partial charge in [0.1, 0.15) is 16.6 Å². The van der Waals surface area contributed by atoms with E-state index in [0.717, 1.165) is 28.8 Å². The molecule has 0 amide bonds. The first-order valence-electron chi connectivity index (χ1n) is 9.92. The van der Waals surface area contributed by atoms with Gasteiger partial charge in [-0.15, -0.1) is 11.3 Å². The van der Waals surface area contributed by atoms with Crippen molar-refractivity contribution in [3.8, 4) is 5.75 Å². The van der Waals surface area contributed by atoms with Gasteiger partial charge in [0.15, 0.2) is 15.6 Å². The monoisotopic (exact) mass is 436 g/mol. The zero-order chi connectivity index (χ0) is 22.0.